The lowest BCUT2D eigenvalue weighted by atomic mass is 10.1. The van der Waals surface area contributed by atoms with Gasteiger partial charge in [0.15, 0.2) is 0 Å². The van der Waals surface area contributed by atoms with Crippen molar-refractivity contribution in [1.29, 1.82) is 0 Å². The van der Waals surface area contributed by atoms with Crippen molar-refractivity contribution in [1.82, 2.24) is 5.48 Å². The first-order valence-corrected chi connectivity index (χ1v) is 5.85. The molecule has 7 heteroatoms. The highest BCUT2D eigenvalue weighted by atomic mass is 16.7. The van der Waals surface area contributed by atoms with Gasteiger partial charge in [-0.2, -0.15) is 5.48 Å². The average molecular weight is 283 g/mol. The predicted molar refractivity (Wildman–Crippen MR) is 68.8 cm³/mol. The van der Waals surface area contributed by atoms with E-state index < -0.39 is 17.7 Å². The number of amides is 1. The molecule has 0 aliphatic rings. The lowest BCUT2D eigenvalue weighted by Crippen LogP contribution is -2.47. The minimum atomic E-state index is -1.68. The zero-order valence-electron chi connectivity index (χ0n) is 11.3. The number of carbonyl (C=O) groups excluding carboxylic acids is 1. The van der Waals surface area contributed by atoms with Crippen LogP contribution in [-0.4, -0.2) is 36.5 Å². The van der Waals surface area contributed by atoms with Crippen molar-refractivity contribution in [2.75, 3.05) is 13.7 Å². The molecule has 0 radical (unpaired) electrons. The van der Waals surface area contributed by atoms with E-state index in [2.05, 4.69) is 0 Å². The van der Waals surface area contributed by atoms with E-state index in [1.54, 1.807) is 12.1 Å². The summed E-state index contributed by atoms with van der Waals surface area (Å²) in [6, 6.07) is 9.05. The first-order valence-electron chi connectivity index (χ1n) is 5.85. The maximum atomic E-state index is 11.4. The van der Waals surface area contributed by atoms with Gasteiger partial charge in [-0.3, -0.25) is 4.84 Å². The van der Waals surface area contributed by atoms with Gasteiger partial charge in [0, 0.05) is 7.11 Å². The second kappa shape index (κ2) is 7.46. The monoisotopic (exact) mass is 283 g/mol. The molecule has 0 saturated carbocycles. The number of ether oxygens (including phenoxy) is 2. The van der Waals surface area contributed by atoms with Gasteiger partial charge in [-0.25, -0.2) is 9.59 Å². The molecule has 0 heterocycles. The Morgan fingerprint density at radius 3 is 2.50 bits per heavy atom. The van der Waals surface area contributed by atoms with Gasteiger partial charge in [-0.1, -0.05) is 30.3 Å². The molecule has 0 saturated heterocycles. The van der Waals surface area contributed by atoms with Crippen LogP contribution in [0.5, 0.6) is 0 Å². The number of hydrogen-bond acceptors (Lipinski definition) is 5. The third-order valence-electron chi connectivity index (χ3n) is 2.44. The number of hydroxylamine groups is 1. The van der Waals surface area contributed by atoms with E-state index in [-0.39, 0.29) is 13.2 Å². The summed E-state index contributed by atoms with van der Waals surface area (Å²) in [4.78, 5) is 27.2. The highest BCUT2D eigenvalue weighted by Crippen LogP contribution is 2.09. The average Bonchev–Trinajstić information content (AvgIpc) is 2.44. The Labute approximate surface area is 116 Å². The Bertz CT molecular complexity index is 449. The van der Waals surface area contributed by atoms with Crippen molar-refractivity contribution in [3.63, 3.8) is 0 Å². The molecule has 1 aromatic rings. The lowest BCUT2D eigenvalue weighted by Gasteiger charge is -2.23. The van der Waals surface area contributed by atoms with E-state index >= 15 is 0 Å². The van der Waals surface area contributed by atoms with Gasteiger partial charge in [-0.05, 0) is 12.5 Å². The summed E-state index contributed by atoms with van der Waals surface area (Å²) in [7, 11) is 1.33. The molecule has 0 unspecified atom stereocenters. The van der Waals surface area contributed by atoms with Crippen LogP contribution in [0, 0.1) is 0 Å². The van der Waals surface area contributed by atoms with Crippen LogP contribution >= 0.6 is 0 Å². The number of benzene rings is 1. The minimum absolute atomic E-state index is 0.0596. The third kappa shape index (κ3) is 4.87. The quantitative estimate of drug-likeness (QED) is 0.733. The molecule has 1 aromatic carbocycles. The standard InChI is InChI=1S/C13H17NO6/c1-13(9-18-2,11(15)16)20-14-12(17)19-8-10-6-4-3-5-7-10/h3-7H,8-9H2,1-2H3,(H,14,17)(H,15,16)/t13-/m1/s1. The van der Waals surface area contributed by atoms with Crippen LogP contribution < -0.4 is 5.48 Å². The van der Waals surface area contributed by atoms with Gasteiger partial charge >= 0.3 is 12.1 Å². The molecule has 0 aliphatic carbocycles. The summed E-state index contributed by atoms with van der Waals surface area (Å²) in [5.74, 6) is -1.26. The highest BCUT2D eigenvalue weighted by molar-refractivity contribution is 5.77. The Hall–Kier alpha value is -2.12. The van der Waals surface area contributed by atoms with Crippen LogP contribution in [0.4, 0.5) is 4.79 Å². The summed E-state index contributed by atoms with van der Waals surface area (Å²) >= 11 is 0. The maximum absolute atomic E-state index is 11.4. The summed E-state index contributed by atoms with van der Waals surface area (Å²) in [6.45, 7) is 1.11. The van der Waals surface area contributed by atoms with Crippen LogP contribution in [0.1, 0.15) is 12.5 Å². The molecular weight excluding hydrogens is 266 g/mol. The van der Waals surface area contributed by atoms with Gasteiger partial charge in [0.2, 0.25) is 5.60 Å². The molecule has 0 spiro atoms. The third-order valence-corrected chi connectivity index (χ3v) is 2.44. The van der Waals surface area contributed by atoms with Crippen LogP contribution in [0.25, 0.3) is 0 Å². The molecule has 110 valence electrons. The van der Waals surface area contributed by atoms with Gasteiger partial charge in [-0.15, -0.1) is 0 Å². The van der Waals surface area contributed by atoms with E-state index in [0.717, 1.165) is 5.56 Å². The van der Waals surface area contributed by atoms with Crippen molar-refractivity contribution < 1.29 is 29.0 Å². The van der Waals surface area contributed by atoms with E-state index in [4.69, 9.17) is 19.4 Å². The molecule has 1 rings (SSSR count). The van der Waals surface area contributed by atoms with Crippen molar-refractivity contribution >= 4 is 12.1 Å². The van der Waals surface area contributed by atoms with Gasteiger partial charge in [0.1, 0.15) is 6.61 Å². The van der Waals surface area contributed by atoms with Gasteiger partial charge < -0.3 is 14.6 Å². The number of methoxy groups -OCH3 is 1. The van der Waals surface area contributed by atoms with Crippen molar-refractivity contribution in [3.05, 3.63) is 35.9 Å². The van der Waals surface area contributed by atoms with Crippen LogP contribution in [0.2, 0.25) is 0 Å². The largest absolute Gasteiger partial charge is 0.479 e. The zero-order chi connectivity index (χ0) is 15.0. The molecule has 1 atom stereocenters. The first-order chi connectivity index (χ1) is 9.48. The van der Waals surface area contributed by atoms with E-state index in [1.807, 2.05) is 23.7 Å². The SMILES string of the molecule is COC[C@@](C)(ONC(=O)OCc1ccccc1)C(=O)O. The topological polar surface area (TPSA) is 94.1 Å². The second-order valence-corrected chi connectivity index (χ2v) is 4.23. The molecule has 2 N–H and O–H groups in total. The molecule has 20 heavy (non-hydrogen) atoms. The van der Waals surface area contributed by atoms with E-state index in [9.17, 15) is 9.59 Å². The Morgan fingerprint density at radius 1 is 1.30 bits per heavy atom. The Morgan fingerprint density at radius 2 is 1.95 bits per heavy atom. The van der Waals surface area contributed by atoms with Crippen LogP contribution in [-0.2, 0) is 25.7 Å². The first kappa shape index (κ1) is 15.9. The maximum Gasteiger partial charge on any atom is 0.431 e. The molecule has 1 amide bonds. The lowest BCUT2D eigenvalue weighted by molar-refractivity contribution is -0.180. The highest BCUT2D eigenvalue weighted by Gasteiger charge is 2.36. The number of carbonyl (C=O) groups is 2. The predicted octanol–water partition coefficient (Wildman–Crippen LogP) is 1.33. The number of carboxylic acid groups (broad SMARTS) is 1. The fourth-order valence-corrected chi connectivity index (χ4v) is 1.32. The normalized spacial score (nSPS) is 13.3. The van der Waals surface area contributed by atoms with Gasteiger partial charge in [0.05, 0.1) is 6.61 Å². The van der Waals surface area contributed by atoms with Crippen molar-refractivity contribution in [3.8, 4) is 0 Å². The fourth-order valence-electron chi connectivity index (χ4n) is 1.32. The van der Waals surface area contributed by atoms with Crippen LogP contribution in [0.3, 0.4) is 0 Å². The van der Waals surface area contributed by atoms with Crippen molar-refractivity contribution in [2.45, 2.75) is 19.1 Å². The minimum Gasteiger partial charge on any atom is -0.479 e. The molecule has 0 aromatic heterocycles. The van der Waals surface area contributed by atoms with E-state index in [1.165, 1.54) is 14.0 Å². The smallest absolute Gasteiger partial charge is 0.431 e. The zero-order valence-corrected chi connectivity index (χ0v) is 11.3. The fraction of sp³-hybridized carbons (Fsp3) is 0.385. The summed E-state index contributed by atoms with van der Waals surface area (Å²) in [5.41, 5.74) is 1.06. The number of carboxylic acids is 1. The summed E-state index contributed by atoms with van der Waals surface area (Å²) < 4.78 is 9.60. The molecule has 7 nitrogen and oxygen atoms in total. The Balaban J connectivity index is 2.40. The number of rotatable bonds is 7. The van der Waals surface area contributed by atoms with Crippen LogP contribution in [0.15, 0.2) is 30.3 Å². The Kier molecular flexibility index (Phi) is 5.95. The molecular formula is C13H17NO6. The second-order valence-electron chi connectivity index (χ2n) is 4.23. The number of aliphatic carboxylic acids is 1. The molecule has 0 fully saturated rings. The summed E-state index contributed by atoms with van der Waals surface area (Å²) in [5, 5.41) is 8.99. The summed E-state index contributed by atoms with van der Waals surface area (Å²) in [6.07, 6.45) is -0.877. The molecule has 0 bridgehead atoms. The van der Waals surface area contributed by atoms with E-state index in [0.29, 0.717) is 0 Å². The number of hydrogen-bond donors (Lipinski definition) is 2. The van der Waals surface area contributed by atoms with Gasteiger partial charge in [0.25, 0.3) is 0 Å². The van der Waals surface area contributed by atoms with Crippen molar-refractivity contribution in [2.24, 2.45) is 0 Å². The molecule has 0 aliphatic heterocycles. The number of nitrogens with one attached hydrogen (secondary N) is 1.